The molecule has 0 unspecified atom stereocenters. The van der Waals surface area contributed by atoms with Crippen LogP contribution in [0.1, 0.15) is 84.0 Å². The topological polar surface area (TPSA) is 128 Å². The third kappa shape index (κ3) is 11.0. The molecule has 28 heavy (non-hydrogen) atoms. The van der Waals surface area contributed by atoms with Gasteiger partial charge in [0, 0.05) is 6.54 Å². The molecule has 0 saturated carbocycles. The van der Waals surface area contributed by atoms with Crippen LogP contribution in [0.5, 0.6) is 0 Å². The smallest absolute Gasteiger partial charge is 0.279 e. The molecule has 1 heterocycles. The summed E-state index contributed by atoms with van der Waals surface area (Å²) in [4.78, 5) is 0. The van der Waals surface area contributed by atoms with Crippen LogP contribution in [0.2, 0.25) is 0 Å². The van der Waals surface area contributed by atoms with E-state index in [0.29, 0.717) is 6.54 Å². The second-order valence-electron chi connectivity index (χ2n) is 7.71. The van der Waals surface area contributed by atoms with Gasteiger partial charge in [-0.15, -0.1) is 0 Å². The van der Waals surface area contributed by atoms with E-state index >= 15 is 0 Å². The molecule has 1 saturated heterocycles. The van der Waals surface area contributed by atoms with Gasteiger partial charge in [0.2, 0.25) is 0 Å². The van der Waals surface area contributed by atoms with E-state index in [1.807, 2.05) is 0 Å². The maximum Gasteiger partial charge on any atom is 0.279 e. The second-order valence-corrected chi connectivity index (χ2v) is 9.24. The third-order valence-electron chi connectivity index (χ3n) is 5.09. The molecule has 8 nitrogen and oxygen atoms in total. The van der Waals surface area contributed by atoms with Gasteiger partial charge in [0.25, 0.3) is 10.2 Å². The number of aliphatic hydroxyl groups is 3. The maximum absolute atomic E-state index is 12.0. The Morgan fingerprint density at radius 3 is 1.86 bits per heavy atom. The van der Waals surface area contributed by atoms with Gasteiger partial charge in [0.15, 0.2) is 6.23 Å². The van der Waals surface area contributed by atoms with Gasteiger partial charge in [0.05, 0.1) is 6.61 Å². The van der Waals surface area contributed by atoms with Crippen LogP contribution in [0, 0.1) is 0 Å². The molecule has 0 amide bonds. The van der Waals surface area contributed by atoms with Crippen molar-refractivity contribution in [3.8, 4) is 0 Å². The van der Waals surface area contributed by atoms with Gasteiger partial charge >= 0.3 is 0 Å². The lowest BCUT2D eigenvalue weighted by Crippen LogP contribution is -2.60. The summed E-state index contributed by atoms with van der Waals surface area (Å²) in [5.74, 6) is 0. The van der Waals surface area contributed by atoms with E-state index in [2.05, 4.69) is 16.4 Å². The maximum atomic E-state index is 12.0. The Morgan fingerprint density at radius 1 is 0.821 bits per heavy atom. The van der Waals surface area contributed by atoms with Gasteiger partial charge in [-0.3, -0.25) is 0 Å². The number of ether oxygens (including phenoxy) is 1. The predicted octanol–water partition coefficient (Wildman–Crippen LogP) is 1.55. The average Bonchev–Trinajstić information content (AvgIpc) is 2.66. The van der Waals surface area contributed by atoms with Crippen LogP contribution in [-0.4, -0.2) is 61.4 Å². The van der Waals surface area contributed by atoms with Crippen LogP contribution < -0.4 is 9.44 Å². The molecule has 1 aliphatic rings. The normalized spacial score (nSPS) is 25.9. The molecule has 0 aromatic heterocycles. The Hall–Kier alpha value is -0.290. The fourth-order valence-electron chi connectivity index (χ4n) is 3.28. The Morgan fingerprint density at radius 2 is 1.32 bits per heavy atom. The quantitative estimate of drug-likeness (QED) is 0.239. The van der Waals surface area contributed by atoms with Gasteiger partial charge in [-0.2, -0.15) is 13.1 Å². The van der Waals surface area contributed by atoms with E-state index in [0.717, 1.165) is 19.3 Å². The van der Waals surface area contributed by atoms with E-state index in [1.54, 1.807) is 0 Å². The van der Waals surface area contributed by atoms with Gasteiger partial charge in [-0.1, -0.05) is 77.6 Å². The van der Waals surface area contributed by atoms with E-state index < -0.39 is 34.7 Å². The van der Waals surface area contributed by atoms with Crippen molar-refractivity contribution in [3.63, 3.8) is 0 Å². The van der Waals surface area contributed by atoms with Crippen LogP contribution in [0.3, 0.4) is 0 Å². The number of hydrogen-bond donors (Lipinski definition) is 5. The first-order valence-electron chi connectivity index (χ1n) is 10.8. The number of nitrogens with one attached hydrogen (secondary N) is 2. The SMILES string of the molecule is CCCCCCCCCCCCCCNS(=O)(=O)N[C@H]1OC[C@@H](O)[C@@H](O)[C@@H]1O. The molecule has 1 aliphatic heterocycles. The molecule has 0 aliphatic carbocycles. The van der Waals surface area contributed by atoms with Gasteiger partial charge < -0.3 is 20.1 Å². The third-order valence-corrected chi connectivity index (χ3v) is 6.22. The minimum absolute atomic E-state index is 0.246. The van der Waals surface area contributed by atoms with Crippen LogP contribution in [0.25, 0.3) is 0 Å². The van der Waals surface area contributed by atoms with E-state index in [9.17, 15) is 23.7 Å². The van der Waals surface area contributed by atoms with Gasteiger partial charge in [-0.25, -0.2) is 4.72 Å². The molecule has 9 heteroatoms. The summed E-state index contributed by atoms with van der Waals surface area (Å²) in [7, 11) is -3.85. The minimum atomic E-state index is -3.85. The van der Waals surface area contributed by atoms with Crippen LogP contribution in [0.15, 0.2) is 0 Å². The molecule has 0 aromatic rings. The lowest BCUT2D eigenvalue weighted by molar-refractivity contribution is -0.189. The van der Waals surface area contributed by atoms with E-state index in [-0.39, 0.29) is 6.61 Å². The van der Waals surface area contributed by atoms with Crippen molar-refractivity contribution in [3.05, 3.63) is 0 Å². The fourth-order valence-corrected chi connectivity index (χ4v) is 4.29. The number of hydrogen-bond acceptors (Lipinski definition) is 6. The minimum Gasteiger partial charge on any atom is -0.388 e. The summed E-state index contributed by atoms with van der Waals surface area (Å²) in [6, 6.07) is 0. The molecular weight excluding hydrogens is 384 g/mol. The van der Waals surface area contributed by atoms with Crippen molar-refractivity contribution in [2.45, 2.75) is 109 Å². The highest BCUT2D eigenvalue weighted by atomic mass is 32.2. The Kier molecular flexibility index (Phi) is 13.5. The fraction of sp³-hybridized carbons (Fsp3) is 1.00. The monoisotopic (exact) mass is 424 g/mol. The van der Waals surface area contributed by atoms with Crippen molar-refractivity contribution >= 4 is 10.2 Å². The van der Waals surface area contributed by atoms with Crippen LogP contribution in [0.4, 0.5) is 0 Å². The molecule has 168 valence electrons. The van der Waals surface area contributed by atoms with Crippen molar-refractivity contribution in [2.75, 3.05) is 13.2 Å². The summed E-state index contributed by atoms with van der Waals surface area (Å²) < 4.78 is 33.6. The summed E-state index contributed by atoms with van der Waals surface area (Å²) in [5, 5.41) is 28.7. The molecule has 0 radical (unpaired) electrons. The largest absolute Gasteiger partial charge is 0.388 e. The van der Waals surface area contributed by atoms with Crippen molar-refractivity contribution < 1.29 is 28.5 Å². The van der Waals surface area contributed by atoms with Crippen molar-refractivity contribution in [1.82, 2.24) is 9.44 Å². The highest BCUT2D eigenvalue weighted by Crippen LogP contribution is 2.14. The molecule has 1 rings (SSSR count). The standard InChI is InChI=1S/C19H40N2O6S/c1-2-3-4-5-6-7-8-9-10-11-12-13-14-20-28(25,26)21-19-18(24)17(23)16(22)15-27-19/h16-24H,2-15H2,1H3/t16-,17-,18+,19+/m1/s1. The van der Waals surface area contributed by atoms with Crippen molar-refractivity contribution in [1.29, 1.82) is 0 Å². The first-order valence-corrected chi connectivity index (χ1v) is 12.3. The average molecular weight is 425 g/mol. The Labute approximate surface area is 170 Å². The highest BCUT2D eigenvalue weighted by molar-refractivity contribution is 7.87. The lowest BCUT2D eigenvalue weighted by Gasteiger charge is -2.35. The van der Waals surface area contributed by atoms with Crippen LogP contribution >= 0.6 is 0 Å². The first-order chi connectivity index (χ1) is 13.4. The number of aliphatic hydroxyl groups excluding tert-OH is 3. The summed E-state index contributed by atoms with van der Waals surface area (Å²) in [6.45, 7) is 2.29. The number of rotatable bonds is 16. The zero-order valence-electron chi connectivity index (χ0n) is 17.2. The molecular formula is C19H40N2O6S. The molecule has 4 atom stereocenters. The zero-order chi connectivity index (χ0) is 20.8. The molecule has 0 bridgehead atoms. The first kappa shape index (κ1) is 25.7. The zero-order valence-corrected chi connectivity index (χ0v) is 18.0. The van der Waals surface area contributed by atoms with E-state index in [1.165, 1.54) is 57.8 Å². The molecule has 0 aromatic carbocycles. The summed E-state index contributed by atoms with van der Waals surface area (Å²) in [6.07, 6.45) is 9.03. The summed E-state index contributed by atoms with van der Waals surface area (Å²) >= 11 is 0. The Bertz CT molecular complexity index is 491. The summed E-state index contributed by atoms with van der Waals surface area (Å²) in [5.41, 5.74) is 0. The molecule has 0 spiro atoms. The highest BCUT2D eigenvalue weighted by Gasteiger charge is 2.39. The van der Waals surface area contributed by atoms with E-state index in [4.69, 9.17) is 4.74 Å². The second kappa shape index (κ2) is 14.7. The number of unbranched alkanes of at least 4 members (excludes halogenated alkanes) is 11. The molecule has 1 fully saturated rings. The molecule has 5 N–H and O–H groups in total. The van der Waals surface area contributed by atoms with Gasteiger partial charge in [0.1, 0.15) is 18.3 Å². The lowest BCUT2D eigenvalue weighted by atomic mass is 10.1. The van der Waals surface area contributed by atoms with Crippen molar-refractivity contribution in [2.24, 2.45) is 0 Å². The van der Waals surface area contributed by atoms with Crippen LogP contribution in [-0.2, 0) is 14.9 Å². The van der Waals surface area contributed by atoms with Gasteiger partial charge in [-0.05, 0) is 6.42 Å². The Balaban J connectivity index is 2.00. The predicted molar refractivity (Wildman–Crippen MR) is 109 cm³/mol.